The second-order valence-corrected chi connectivity index (χ2v) is 4.45. The van der Waals surface area contributed by atoms with E-state index in [2.05, 4.69) is 11.9 Å². The molecular weight excluding hydrogens is 174 g/mol. The molecule has 1 aliphatic carbocycles. The molecule has 0 radical (unpaired) electrons. The van der Waals surface area contributed by atoms with Gasteiger partial charge in [-0.05, 0) is 50.7 Å². The van der Waals surface area contributed by atoms with Crippen molar-refractivity contribution >= 4 is 5.78 Å². The predicted molar refractivity (Wildman–Crippen MR) is 56.7 cm³/mol. The molecule has 2 rings (SSSR count). The molecule has 14 heavy (non-hydrogen) atoms. The molecule has 0 amide bonds. The van der Waals surface area contributed by atoms with Crippen molar-refractivity contribution in [1.82, 2.24) is 4.98 Å². The first-order valence-corrected chi connectivity index (χ1v) is 5.28. The standard InChI is InChI=1S/C12H17NO/c1-7-8(2)12(13-9(7)3)11(14)6-10-4-5-10/h10,13H,4-6H2,1-3H3. The molecule has 1 aliphatic rings. The molecule has 2 nitrogen and oxygen atoms in total. The molecule has 0 aromatic carbocycles. The molecule has 0 bridgehead atoms. The highest BCUT2D eigenvalue weighted by Crippen LogP contribution is 2.34. The van der Waals surface area contributed by atoms with Crippen LogP contribution in [0.25, 0.3) is 0 Å². The predicted octanol–water partition coefficient (Wildman–Crippen LogP) is 2.92. The van der Waals surface area contributed by atoms with Crippen LogP contribution in [-0.2, 0) is 0 Å². The van der Waals surface area contributed by atoms with Gasteiger partial charge in [-0.3, -0.25) is 4.79 Å². The molecule has 1 aromatic rings. The van der Waals surface area contributed by atoms with Gasteiger partial charge in [-0.2, -0.15) is 0 Å². The summed E-state index contributed by atoms with van der Waals surface area (Å²) in [6.07, 6.45) is 3.22. The van der Waals surface area contributed by atoms with Crippen LogP contribution in [0.5, 0.6) is 0 Å². The average molecular weight is 191 g/mol. The maximum Gasteiger partial charge on any atom is 0.179 e. The van der Waals surface area contributed by atoms with E-state index in [4.69, 9.17) is 0 Å². The lowest BCUT2D eigenvalue weighted by Gasteiger charge is -1.98. The van der Waals surface area contributed by atoms with Crippen molar-refractivity contribution in [1.29, 1.82) is 0 Å². The smallest absolute Gasteiger partial charge is 0.179 e. The summed E-state index contributed by atoms with van der Waals surface area (Å²) in [6, 6.07) is 0. The van der Waals surface area contributed by atoms with Gasteiger partial charge in [-0.25, -0.2) is 0 Å². The van der Waals surface area contributed by atoms with Crippen LogP contribution < -0.4 is 0 Å². The Morgan fingerprint density at radius 3 is 2.36 bits per heavy atom. The van der Waals surface area contributed by atoms with Crippen LogP contribution in [0.2, 0.25) is 0 Å². The first-order chi connectivity index (χ1) is 6.59. The topological polar surface area (TPSA) is 32.9 Å². The summed E-state index contributed by atoms with van der Waals surface area (Å²) in [4.78, 5) is 15.0. The van der Waals surface area contributed by atoms with E-state index in [-0.39, 0.29) is 0 Å². The van der Waals surface area contributed by atoms with Gasteiger partial charge in [0.1, 0.15) is 0 Å². The molecule has 0 saturated heterocycles. The highest BCUT2D eigenvalue weighted by atomic mass is 16.1. The highest BCUT2D eigenvalue weighted by molar-refractivity contribution is 5.96. The summed E-state index contributed by atoms with van der Waals surface area (Å²) in [5, 5.41) is 0. The van der Waals surface area contributed by atoms with Crippen molar-refractivity contribution in [3.63, 3.8) is 0 Å². The zero-order valence-electron chi connectivity index (χ0n) is 9.11. The van der Waals surface area contributed by atoms with Gasteiger partial charge in [0.2, 0.25) is 0 Å². The van der Waals surface area contributed by atoms with Gasteiger partial charge in [-0.15, -0.1) is 0 Å². The molecular formula is C12H17NO. The van der Waals surface area contributed by atoms with Crippen LogP contribution in [0, 0.1) is 26.7 Å². The number of carbonyl (C=O) groups is 1. The van der Waals surface area contributed by atoms with Crippen LogP contribution in [0.4, 0.5) is 0 Å². The van der Waals surface area contributed by atoms with Gasteiger partial charge in [-0.1, -0.05) is 0 Å². The molecule has 0 unspecified atom stereocenters. The van der Waals surface area contributed by atoms with Crippen molar-refractivity contribution in [2.24, 2.45) is 5.92 Å². The summed E-state index contributed by atoms with van der Waals surface area (Å²) >= 11 is 0. The van der Waals surface area contributed by atoms with Crippen LogP contribution >= 0.6 is 0 Å². The lowest BCUT2D eigenvalue weighted by molar-refractivity contribution is 0.0971. The normalized spacial score (nSPS) is 15.9. The quantitative estimate of drug-likeness (QED) is 0.732. The van der Waals surface area contributed by atoms with E-state index in [1.54, 1.807) is 0 Å². The minimum Gasteiger partial charge on any atom is -0.356 e. The number of aryl methyl sites for hydroxylation is 1. The van der Waals surface area contributed by atoms with Gasteiger partial charge in [0.05, 0.1) is 5.69 Å². The summed E-state index contributed by atoms with van der Waals surface area (Å²) in [6.45, 7) is 6.12. The molecule has 1 fully saturated rings. The maximum absolute atomic E-state index is 11.9. The summed E-state index contributed by atoms with van der Waals surface area (Å²) in [5.41, 5.74) is 4.32. The molecule has 1 saturated carbocycles. The Balaban J connectivity index is 2.21. The second kappa shape index (κ2) is 3.26. The molecule has 0 aliphatic heterocycles. The molecule has 0 spiro atoms. The zero-order chi connectivity index (χ0) is 10.3. The van der Waals surface area contributed by atoms with Crippen molar-refractivity contribution in [2.45, 2.75) is 40.0 Å². The SMILES string of the molecule is Cc1[nH]c(C(=O)CC2CC2)c(C)c1C. The summed E-state index contributed by atoms with van der Waals surface area (Å²) in [5.74, 6) is 0.965. The van der Waals surface area contributed by atoms with Crippen LogP contribution in [-0.4, -0.2) is 10.8 Å². The van der Waals surface area contributed by atoms with Gasteiger partial charge >= 0.3 is 0 Å². The van der Waals surface area contributed by atoms with Gasteiger partial charge in [0.25, 0.3) is 0 Å². The number of hydrogen-bond acceptors (Lipinski definition) is 1. The van der Waals surface area contributed by atoms with E-state index in [0.717, 1.165) is 23.4 Å². The van der Waals surface area contributed by atoms with Crippen LogP contribution in [0.1, 0.15) is 46.6 Å². The number of nitrogens with one attached hydrogen (secondary N) is 1. The van der Waals surface area contributed by atoms with E-state index in [0.29, 0.717) is 11.7 Å². The van der Waals surface area contributed by atoms with Crippen molar-refractivity contribution in [3.8, 4) is 0 Å². The van der Waals surface area contributed by atoms with E-state index < -0.39 is 0 Å². The molecule has 1 N–H and O–H groups in total. The molecule has 76 valence electrons. The fraction of sp³-hybridized carbons (Fsp3) is 0.583. The number of H-pyrrole nitrogens is 1. The lowest BCUT2D eigenvalue weighted by Crippen LogP contribution is -2.02. The third kappa shape index (κ3) is 1.61. The Labute approximate surface area is 84.7 Å². The third-order valence-electron chi connectivity index (χ3n) is 3.26. The van der Waals surface area contributed by atoms with Crippen LogP contribution in [0.3, 0.4) is 0 Å². The van der Waals surface area contributed by atoms with Gasteiger partial charge in [0.15, 0.2) is 5.78 Å². The highest BCUT2D eigenvalue weighted by Gasteiger charge is 2.26. The zero-order valence-corrected chi connectivity index (χ0v) is 9.11. The minimum atomic E-state index is 0.293. The molecule has 1 aromatic heterocycles. The lowest BCUT2D eigenvalue weighted by atomic mass is 10.1. The van der Waals surface area contributed by atoms with Crippen molar-refractivity contribution in [3.05, 3.63) is 22.5 Å². The second-order valence-electron chi connectivity index (χ2n) is 4.45. The summed E-state index contributed by atoms with van der Waals surface area (Å²) in [7, 11) is 0. The number of Topliss-reactive ketones (excluding diaryl/α,β-unsaturated/α-hetero) is 1. The fourth-order valence-electron chi connectivity index (χ4n) is 1.81. The Morgan fingerprint density at radius 2 is 1.93 bits per heavy atom. The Morgan fingerprint density at radius 1 is 1.29 bits per heavy atom. The number of aromatic amines is 1. The van der Waals surface area contributed by atoms with Crippen molar-refractivity contribution < 1.29 is 4.79 Å². The van der Waals surface area contributed by atoms with Gasteiger partial charge in [0, 0.05) is 12.1 Å². The Hall–Kier alpha value is -1.05. The Kier molecular flexibility index (Phi) is 2.22. The van der Waals surface area contributed by atoms with E-state index in [1.807, 2.05) is 13.8 Å². The van der Waals surface area contributed by atoms with E-state index in [1.165, 1.54) is 18.4 Å². The summed E-state index contributed by atoms with van der Waals surface area (Å²) < 4.78 is 0. The number of rotatable bonds is 3. The van der Waals surface area contributed by atoms with Gasteiger partial charge < -0.3 is 4.98 Å². The molecule has 1 heterocycles. The largest absolute Gasteiger partial charge is 0.356 e. The van der Waals surface area contributed by atoms with E-state index >= 15 is 0 Å². The molecule has 0 atom stereocenters. The monoisotopic (exact) mass is 191 g/mol. The van der Waals surface area contributed by atoms with Crippen molar-refractivity contribution in [2.75, 3.05) is 0 Å². The molecule has 2 heteroatoms. The third-order valence-corrected chi connectivity index (χ3v) is 3.26. The fourth-order valence-corrected chi connectivity index (χ4v) is 1.81. The number of hydrogen-bond donors (Lipinski definition) is 1. The minimum absolute atomic E-state index is 0.293. The average Bonchev–Trinajstić information content (AvgIpc) is 2.90. The number of aromatic nitrogens is 1. The maximum atomic E-state index is 11.9. The number of carbonyl (C=O) groups excluding carboxylic acids is 1. The first-order valence-electron chi connectivity index (χ1n) is 5.28. The van der Waals surface area contributed by atoms with E-state index in [9.17, 15) is 4.79 Å². The number of ketones is 1. The Bertz CT molecular complexity index is 372. The first kappa shape index (κ1) is 9.50. The van der Waals surface area contributed by atoms with Crippen LogP contribution in [0.15, 0.2) is 0 Å².